The summed E-state index contributed by atoms with van der Waals surface area (Å²) in [4.78, 5) is 4.74. The van der Waals surface area contributed by atoms with E-state index in [9.17, 15) is 4.39 Å². The first-order chi connectivity index (χ1) is 7.11. The molecule has 0 heterocycles. The van der Waals surface area contributed by atoms with E-state index in [1.807, 2.05) is 0 Å². The molecular weight excluding hydrogens is 265 g/mol. The zero-order valence-electron chi connectivity index (χ0n) is 8.86. The fourth-order valence-corrected chi connectivity index (χ4v) is 1.92. The van der Waals surface area contributed by atoms with Crippen LogP contribution in [0.2, 0.25) is 0 Å². The SMILES string of the molecule is CONCc1c(C)c(F)cc(Br)c1OC. The van der Waals surface area contributed by atoms with E-state index in [0.717, 1.165) is 5.56 Å². The van der Waals surface area contributed by atoms with Gasteiger partial charge in [-0.25, -0.2) is 4.39 Å². The third-order valence-electron chi connectivity index (χ3n) is 2.15. The van der Waals surface area contributed by atoms with Crippen molar-refractivity contribution < 1.29 is 14.0 Å². The Kier molecular flexibility index (Phi) is 4.50. The molecule has 5 heteroatoms. The molecular formula is C10H13BrFNO2. The molecule has 0 saturated carbocycles. The van der Waals surface area contributed by atoms with Gasteiger partial charge in [0, 0.05) is 5.56 Å². The summed E-state index contributed by atoms with van der Waals surface area (Å²) in [5, 5.41) is 0. The minimum atomic E-state index is -0.268. The fraction of sp³-hybridized carbons (Fsp3) is 0.400. The molecule has 0 bridgehead atoms. The Morgan fingerprint density at radius 3 is 2.67 bits per heavy atom. The highest BCUT2D eigenvalue weighted by molar-refractivity contribution is 9.10. The van der Waals surface area contributed by atoms with Crippen LogP contribution in [0.25, 0.3) is 0 Å². The van der Waals surface area contributed by atoms with Gasteiger partial charge in [-0.1, -0.05) is 0 Å². The first-order valence-electron chi connectivity index (χ1n) is 4.39. The van der Waals surface area contributed by atoms with E-state index in [4.69, 9.17) is 9.57 Å². The Hall–Kier alpha value is -0.650. The molecule has 0 aromatic heterocycles. The molecule has 0 fully saturated rings. The second kappa shape index (κ2) is 5.44. The highest BCUT2D eigenvalue weighted by Gasteiger charge is 2.14. The van der Waals surface area contributed by atoms with Crippen LogP contribution in [-0.4, -0.2) is 14.2 Å². The van der Waals surface area contributed by atoms with E-state index in [1.54, 1.807) is 14.0 Å². The molecule has 1 aromatic carbocycles. The van der Waals surface area contributed by atoms with Crippen molar-refractivity contribution in [1.82, 2.24) is 5.48 Å². The van der Waals surface area contributed by atoms with Crippen LogP contribution in [-0.2, 0) is 11.4 Å². The zero-order valence-corrected chi connectivity index (χ0v) is 10.4. The Morgan fingerprint density at radius 1 is 1.47 bits per heavy atom. The number of benzene rings is 1. The van der Waals surface area contributed by atoms with Crippen molar-refractivity contribution in [2.75, 3.05) is 14.2 Å². The lowest BCUT2D eigenvalue weighted by Gasteiger charge is -2.14. The van der Waals surface area contributed by atoms with E-state index < -0.39 is 0 Å². The van der Waals surface area contributed by atoms with Crippen LogP contribution in [0.1, 0.15) is 11.1 Å². The average Bonchev–Trinajstić information content (AvgIpc) is 2.21. The van der Waals surface area contributed by atoms with Crippen LogP contribution in [0.15, 0.2) is 10.5 Å². The van der Waals surface area contributed by atoms with E-state index in [0.29, 0.717) is 22.3 Å². The van der Waals surface area contributed by atoms with Crippen molar-refractivity contribution in [2.24, 2.45) is 0 Å². The van der Waals surface area contributed by atoms with Crippen molar-refractivity contribution in [1.29, 1.82) is 0 Å². The average molecular weight is 278 g/mol. The molecule has 1 aromatic rings. The lowest BCUT2D eigenvalue weighted by molar-refractivity contribution is 0.0859. The molecule has 1 N–H and O–H groups in total. The molecule has 0 amide bonds. The second-order valence-corrected chi connectivity index (χ2v) is 3.86. The van der Waals surface area contributed by atoms with Gasteiger partial charge in [0.15, 0.2) is 0 Å². The molecule has 0 aliphatic rings. The number of halogens is 2. The Morgan fingerprint density at radius 2 is 2.13 bits per heavy atom. The lowest BCUT2D eigenvalue weighted by Crippen LogP contribution is -2.13. The maximum atomic E-state index is 13.4. The molecule has 0 spiro atoms. The second-order valence-electron chi connectivity index (χ2n) is 3.00. The minimum Gasteiger partial charge on any atom is -0.495 e. The van der Waals surface area contributed by atoms with Gasteiger partial charge in [-0.3, -0.25) is 0 Å². The molecule has 0 aliphatic heterocycles. The van der Waals surface area contributed by atoms with Crippen LogP contribution in [0.3, 0.4) is 0 Å². The quantitative estimate of drug-likeness (QED) is 0.859. The smallest absolute Gasteiger partial charge is 0.138 e. The zero-order chi connectivity index (χ0) is 11.4. The Balaban J connectivity index is 3.18. The maximum Gasteiger partial charge on any atom is 0.138 e. The number of hydrogen-bond donors (Lipinski definition) is 1. The fourth-order valence-electron chi connectivity index (χ4n) is 1.32. The van der Waals surface area contributed by atoms with Gasteiger partial charge in [-0.2, -0.15) is 5.48 Å². The van der Waals surface area contributed by atoms with Gasteiger partial charge in [0.25, 0.3) is 0 Å². The molecule has 0 saturated heterocycles. The van der Waals surface area contributed by atoms with Gasteiger partial charge >= 0.3 is 0 Å². The van der Waals surface area contributed by atoms with Gasteiger partial charge < -0.3 is 9.57 Å². The van der Waals surface area contributed by atoms with E-state index in [2.05, 4.69) is 21.4 Å². The maximum absolute atomic E-state index is 13.4. The molecule has 3 nitrogen and oxygen atoms in total. The van der Waals surface area contributed by atoms with Crippen molar-refractivity contribution in [3.05, 3.63) is 27.5 Å². The Labute approximate surface area is 96.7 Å². The number of rotatable bonds is 4. The molecule has 84 valence electrons. The summed E-state index contributed by atoms with van der Waals surface area (Å²) < 4.78 is 19.2. The van der Waals surface area contributed by atoms with E-state index in [1.165, 1.54) is 13.2 Å². The number of methoxy groups -OCH3 is 1. The predicted molar refractivity (Wildman–Crippen MR) is 59.2 cm³/mol. The molecule has 15 heavy (non-hydrogen) atoms. The van der Waals surface area contributed by atoms with Gasteiger partial charge in [0.2, 0.25) is 0 Å². The van der Waals surface area contributed by atoms with Crippen LogP contribution in [0.5, 0.6) is 5.75 Å². The number of hydrogen-bond acceptors (Lipinski definition) is 3. The molecule has 0 radical (unpaired) electrons. The highest BCUT2D eigenvalue weighted by atomic mass is 79.9. The van der Waals surface area contributed by atoms with E-state index >= 15 is 0 Å². The van der Waals surface area contributed by atoms with Crippen molar-refractivity contribution in [2.45, 2.75) is 13.5 Å². The number of ether oxygens (including phenoxy) is 1. The summed E-state index contributed by atoms with van der Waals surface area (Å²) in [5.41, 5.74) is 3.96. The normalized spacial score (nSPS) is 10.5. The number of hydroxylamine groups is 1. The standard InChI is InChI=1S/C10H13BrFNO2/c1-6-7(5-13-15-3)10(14-2)8(11)4-9(6)12/h4,13H,5H2,1-3H3. The molecule has 1 rings (SSSR count). The molecule has 0 unspecified atom stereocenters. The summed E-state index contributed by atoms with van der Waals surface area (Å²) >= 11 is 3.25. The topological polar surface area (TPSA) is 30.5 Å². The minimum absolute atomic E-state index is 0.268. The summed E-state index contributed by atoms with van der Waals surface area (Å²) in [7, 11) is 3.06. The van der Waals surface area contributed by atoms with Crippen molar-refractivity contribution >= 4 is 15.9 Å². The molecule has 0 atom stereocenters. The summed E-state index contributed by atoms with van der Waals surface area (Å²) in [5.74, 6) is 0.356. The first kappa shape index (κ1) is 12.4. The van der Waals surface area contributed by atoms with Crippen LogP contribution in [0.4, 0.5) is 4.39 Å². The third-order valence-corrected chi connectivity index (χ3v) is 2.74. The van der Waals surface area contributed by atoms with Crippen LogP contribution in [0, 0.1) is 12.7 Å². The predicted octanol–water partition coefficient (Wildman–Crippen LogP) is 2.56. The van der Waals surface area contributed by atoms with Crippen LogP contribution < -0.4 is 10.2 Å². The monoisotopic (exact) mass is 277 g/mol. The van der Waals surface area contributed by atoms with Crippen molar-refractivity contribution in [3.8, 4) is 5.75 Å². The third kappa shape index (κ3) is 2.68. The van der Waals surface area contributed by atoms with Gasteiger partial charge in [0.1, 0.15) is 11.6 Å². The van der Waals surface area contributed by atoms with Gasteiger partial charge in [-0.05, 0) is 34.5 Å². The summed E-state index contributed by atoms with van der Waals surface area (Å²) in [6, 6.07) is 1.39. The van der Waals surface area contributed by atoms with Gasteiger partial charge in [0.05, 0.1) is 25.2 Å². The largest absolute Gasteiger partial charge is 0.495 e. The van der Waals surface area contributed by atoms with E-state index in [-0.39, 0.29) is 5.82 Å². The highest BCUT2D eigenvalue weighted by Crippen LogP contribution is 2.33. The summed E-state index contributed by atoms with van der Waals surface area (Å²) in [6.45, 7) is 2.10. The summed E-state index contributed by atoms with van der Waals surface area (Å²) in [6.07, 6.45) is 0. The first-order valence-corrected chi connectivity index (χ1v) is 5.18. The van der Waals surface area contributed by atoms with Gasteiger partial charge in [-0.15, -0.1) is 0 Å². The van der Waals surface area contributed by atoms with Crippen molar-refractivity contribution in [3.63, 3.8) is 0 Å². The number of nitrogens with one attached hydrogen (secondary N) is 1. The Bertz CT molecular complexity index is 358. The lowest BCUT2D eigenvalue weighted by atomic mass is 10.1. The van der Waals surface area contributed by atoms with Crippen LogP contribution >= 0.6 is 15.9 Å². The molecule has 0 aliphatic carbocycles.